The van der Waals surface area contributed by atoms with Crippen molar-refractivity contribution in [3.05, 3.63) is 228 Å². The Morgan fingerprint density at radius 3 is 0.667 bits per heavy atom. The molecule has 0 N–H and O–H groups in total. The van der Waals surface area contributed by atoms with E-state index in [-0.39, 0.29) is 59.4 Å². The summed E-state index contributed by atoms with van der Waals surface area (Å²) in [4.78, 5) is 3.26. The average Bonchev–Trinajstić information content (AvgIpc) is 3.32. The summed E-state index contributed by atoms with van der Waals surface area (Å²) >= 11 is 0. The van der Waals surface area contributed by atoms with Gasteiger partial charge < -0.3 is 4.85 Å². The van der Waals surface area contributed by atoms with Crippen LogP contribution in [0.25, 0.3) is 4.85 Å². The van der Waals surface area contributed by atoms with E-state index in [0.717, 1.165) is 5.56 Å². The minimum Gasteiger partial charge on any atom is -0.0622 e. The van der Waals surface area contributed by atoms with Crippen molar-refractivity contribution in [3.8, 4) is 0 Å². The first kappa shape index (κ1) is 74.0. The van der Waals surface area contributed by atoms with E-state index < -0.39 is 15.8 Å². The van der Waals surface area contributed by atoms with E-state index in [9.17, 15) is 0 Å². The molecule has 0 saturated carbocycles. The van der Waals surface area contributed by atoms with Gasteiger partial charge in [-0.2, -0.15) is 0 Å². The van der Waals surface area contributed by atoms with Crippen molar-refractivity contribution in [3.63, 3.8) is 0 Å². The van der Waals surface area contributed by atoms with E-state index in [2.05, 4.69) is 186 Å². The molecule has 0 radical (unpaired) electrons. The monoisotopic (exact) mass is 1330 g/mol. The summed E-state index contributed by atoms with van der Waals surface area (Å²) in [7, 11) is -0.817. The van der Waals surface area contributed by atoms with Crippen LogP contribution in [0.1, 0.15) is 5.56 Å². The first-order valence-corrected chi connectivity index (χ1v) is 16.9. The summed E-state index contributed by atoms with van der Waals surface area (Å²) in [6.45, 7) is 47.6. The van der Waals surface area contributed by atoms with Crippen molar-refractivity contribution in [2.75, 3.05) is 5.90 Å². The Morgan fingerprint density at radius 1 is 0.316 bits per heavy atom. The minimum absolute atomic E-state index is 0. The molecule has 0 spiro atoms. The van der Waals surface area contributed by atoms with Crippen LogP contribution in [0.2, 0.25) is 0 Å². The maximum absolute atomic E-state index is 7.50. The zero-order valence-corrected chi connectivity index (χ0v) is 38.8. The molecule has 0 aromatic heterocycles. The molecule has 15 heteroatoms. The van der Waals surface area contributed by atoms with Crippen LogP contribution in [0.15, 0.2) is 152 Å². The fraction of sp³-hybridized carbons (Fsp3) is 0.0476. The zero-order chi connectivity index (χ0) is 42.8. The Balaban J connectivity index is -0.0000000926. The van der Waals surface area contributed by atoms with Gasteiger partial charge in [-0.15, -0.1) is 0 Å². The van der Waals surface area contributed by atoms with Gasteiger partial charge in [0.05, 0.1) is 0 Å². The van der Waals surface area contributed by atoms with Crippen molar-refractivity contribution in [2.24, 2.45) is 0 Å². The van der Waals surface area contributed by atoms with Crippen LogP contribution in [0.5, 0.6) is 0 Å². The summed E-state index contributed by atoms with van der Waals surface area (Å²) in [5, 5.41) is 5.83. The maximum atomic E-state index is 7.50. The molecule has 0 amide bonds. The fourth-order valence-corrected chi connectivity index (χ4v) is 10.3. The third-order valence-corrected chi connectivity index (χ3v) is 11.6. The van der Waals surface area contributed by atoms with Crippen molar-refractivity contribution in [1.82, 2.24) is 0 Å². The summed E-state index contributed by atoms with van der Waals surface area (Å²) in [5.41, 5.74) is 1.09. The first-order chi connectivity index (χ1) is 26.8. The molecule has 5 aromatic rings. The maximum Gasteiger partial charge on any atom is 0.00405 e. The van der Waals surface area contributed by atoms with Gasteiger partial charge in [0.2, 0.25) is 6.54 Å². The second-order valence-corrected chi connectivity index (χ2v) is 13.1. The average molecular weight is 1320 g/mol. The molecule has 0 aliphatic rings. The zero-order valence-electron chi connectivity index (χ0n) is 29.4. The first-order valence-electron chi connectivity index (χ1n) is 13.8. The number of benzene rings is 5. The van der Waals surface area contributed by atoms with Gasteiger partial charge in [0, 0.05) is 70.8 Å². The molecular formula is C42H29NO9Os3P2. The van der Waals surface area contributed by atoms with Crippen LogP contribution in [0.4, 0.5) is 0 Å². The molecule has 0 unspecified atom stereocenters. The number of rotatable bonds is 7. The molecule has 0 heterocycles. The van der Waals surface area contributed by atoms with Crippen LogP contribution in [-0.2, 0) is 108 Å². The number of nitrogens with zero attached hydrogens (tertiary/aromatic N) is 1. The van der Waals surface area contributed by atoms with Crippen molar-refractivity contribution in [2.45, 2.75) is 6.54 Å². The molecule has 0 aliphatic heterocycles. The van der Waals surface area contributed by atoms with Gasteiger partial charge in [-0.25, -0.2) is 6.57 Å². The normalized spacial score (nSPS) is 6.86. The van der Waals surface area contributed by atoms with Gasteiger partial charge in [-0.05, 0) is 37.1 Å². The third kappa shape index (κ3) is 37.4. The summed E-state index contributed by atoms with van der Waals surface area (Å²) in [6, 6.07) is 53.9. The molecule has 0 atom stereocenters. The quantitative estimate of drug-likeness (QED) is 0.0928. The molecule has 0 bridgehead atoms. The second kappa shape index (κ2) is 66.8. The van der Waals surface area contributed by atoms with Gasteiger partial charge in [-0.1, -0.05) is 152 Å². The van der Waals surface area contributed by atoms with Gasteiger partial charge >= 0.3 is 102 Å². The molecule has 290 valence electrons. The number of hydrogen-bond acceptors (Lipinski definition) is 0. The molecule has 5 aromatic carbocycles. The Hall–Kier alpha value is -3.98. The smallest absolute Gasteiger partial charge is 0.00405 e. The Kier molecular flexibility index (Phi) is 86.8. The van der Waals surface area contributed by atoms with E-state index in [0.29, 0.717) is 6.54 Å². The summed E-state index contributed by atoms with van der Waals surface area (Å²) < 4.78 is 67.5. The standard InChI is InChI=1S/C25H22P2.C8H7N.9CO.3Os/c1-5-13-22(14-6-1)26(23-15-7-2-8-16-23)21-27(24-17-9-3-10-18-24)25-19-11-4-12-20-25;1-9-7-8-5-3-2-4-6-8;9*1-2;;;/h1-20H,21H2;2-6H,7H2;;;;;;;;;;;;. The molecule has 0 aliphatic carbocycles. The van der Waals surface area contributed by atoms with Crippen molar-refractivity contribution < 1.29 is 101 Å². The molecule has 57 heavy (non-hydrogen) atoms. The summed E-state index contributed by atoms with van der Waals surface area (Å²) in [6.07, 6.45) is 0. The van der Waals surface area contributed by atoms with E-state index in [4.69, 9.17) is 48.4 Å². The Bertz CT molecular complexity index is 1540. The van der Waals surface area contributed by atoms with Crippen molar-refractivity contribution >= 4 is 37.1 Å². The summed E-state index contributed by atoms with van der Waals surface area (Å²) in [5.74, 6) is 1.17. The van der Waals surface area contributed by atoms with Gasteiger partial charge in [0.25, 0.3) is 0 Å². The SMILES string of the molecule is [C-]#[N+]Cc1ccccc1.[C-]#[O+].[C-]#[O+].[C-]#[O+].[C-]#[O+].[C-]#[O+].[C-]#[O+].[C-]#[O+].[C-]#[O+].[C-]#[O+].[Os].[Os].[Os].c1ccc(P(CP(c2ccccc2)c2ccccc2)c2ccccc2)cc1. The van der Waals surface area contributed by atoms with Crippen LogP contribution < -0.4 is 21.2 Å². The molecule has 0 fully saturated rings. The van der Waals surface area contributed by atoms with E-state index >= 15 is 0 Å². The molecular weight excluding hydrogens is 1300 g/mol. The largest absolute Gasteiger partial charge is 0.0622 e. The Labute approximate surface area is 376 Å². The minimum atomic E-state index is -0.409. The fourth-order valence-electron chi connectivity index (χ4n) is 3.87. The molecule has 10 nitrogen and oxygen atoms in total. The van der Waals surface area contributed by atoms with E-state index in [1.807, 2.05) is 30.3 Å². The molecule has 0 saturated heterocycles. The van der Waals surface area contributed by atoms with Crippen LogP contribution in [-0.4, -0.2) is 5.90 Å². The van der Waals surface area contributed by atoms with Crippen LogP contribution in [0, 0.1) is 66.4 Å². The molecule has 5 rings (SSSR count). The van der Waals surface area contributed by atoms with Crippen LogP contribution in [0.3, 0.4) is 0 Å². The van der Waals surface area contributed by atoms with Crippen molar-refractivity contribution in [1.29, 1.82) is 0 Å². The third-order valence-electron chi connectivity index (χ3n) is 5.66. The van der Waals surface area contributed by atoms with Gasteiger partial charge in [-0.3, -0.25) is 0 Å². The second-order valence-electron chi connectivity index (χ2n) is 8.14. The predicted molar refractivity (Wildman–Crippen MR) is 195 cm³/mol. The van der Waals surface area contributed by atoms with E-state index in [1.165, 1.54) is 27.1 Å². The number of hydrogen-bond donors (Lipinski definition) is 0. The predicted octanol–water partition coefficient (Wildman–Crippen LogP) is 6.97. The Morgan fingerprint density at radius 2 is 0.491 bits per heavy atom. The van der Waals surface area contributed by atoms with Gasteiger partial charge in [0.1, 0.15) is 0 Å². The van der Waals surface area contributed by atoms with E-state index in [1.54, 1.807) is 0 Å². The van der Waals surface area contributed by atoms with Crippen LogP contribution >= 0.6 is 15.8 Å². The van der Waals surface area contributed by atoms with Gasteiger partial charge in [0.15, 0.2) is 0 Å². The topological polar surface area (TPSA) is 183 Å².